The molecule has 0 saturated heterocycles. The van der Waals surface area contributed by atoms with Crippen molar-refractivity contribution in [3.8, 4) is 6.07 Å². The average Bonchev–Trinajstić information content (AvgIpc) is 2.53. The summed E-state index contributed by atoms with van der Waals surface area (Å²) < 4.78 is 4.72. The van der Waals surface area contributed by atoms with Gasteiger partial charge in [-0.05, 0) is 36.6 Å². The summed E-state index contributed by atoms with van der Waals surface area (Å²) in [4.78, 5) is 24.6. The van der Waals surface area contributed by atoms with E-state index in [1.165, 1.54) is 18.9 Å². The van der Waals surface area contributed by atoms with E-state index in [1.54, 1.807) is 12.1 Å². The Hall–Kier alpha value is -2.00. The van der Waals surface area contributed by atoms with Gasteiger partial charge in [-0.25, -0.2) is 4.79 Å². The Kier molecular flexibility index (Phi) is 8.20. The van der Waals surface area contributed by atoms with Gasteiger partial charge in [0.15, 0.2) is 0 Å². The SMILES string of the molecule is COC(=O)C(CC(C)C)NC(=O)CCSc1ccc(C#N)cc1. The zero-order chi connectivity index (χ0) is 17.2. The zero-order valence-corrected chi connectivity index (χ0v) is 14.5. The van der Waals surface area contributed by atoms with Crippen molar-refractivity contribution >= 4 is 23.6 Å². The van der Waals surface area contributed by atoms with Crippen LogP contribution in [0.1, 0.15) is 32.3 Å². The van der Waals surface area contributed by atoms with E-state index >= 15 is 0 Å². The highest BCUT2D eigenvalue weighted by molar-refractivity contribution is 7.99. The van der Waals surface area contributed by atoms with E-state index in [-0.39, 0.29) is 11.8 Å². The lowest BCUT2D eigenvalue weighted by molar-refractivity contribution is -0.145. The number of rotatable bonds is 8. The van der Waals surface area contributed by atoms with Gasteiger partial charge in [-0.15, -0.1) is 11.8 Å². The van der Waals surface area contributed by atoms with E-state index in [9.17, 15) is 9.59 Å². The monoisotopic (exact) mass is 334 g/mol. The predicted molar refractivity (Wildman–Crippen MR) is 89.9 cm³/mol. The van der Waals surface area contributed by atoms with E-state index in [4.69, 9.17) is 10.00 Å². The molecule has 1 aromatic rings. The zero-order valence-electron chi connectivity index (χ0n) is 13.7. The van der Waals surface area contributed by atoms with Crippen molar-refractivity contribution in [2.75, 3.05) is 12.9 Å². The maximum atomic E-state index is 12.0. The molecule has 0 bridgehead atoms. The van der Waals surface area contributed by atoms with Crippen LogP contribution in [0.3, 0.4) is 0 Å². The molecule has 0 aliphatic rings. The van der Waals surface area contributed by atoms with Gasteiger partial charge in [0.05, 0.1) is 18.7 Å². The molecule has 1 amide bonds. The fraction of sp³-hybridized carbons (Fsp3) is 0.471. The molecule has 23 heavy (non-hydrogen) atoms. The minimum atomic E-state index is -0.590. The Bertz CT molecular complexity index is 564. The average molecular weight is 334 g/mol. The Balaban J connectivity index is 2.42. The van der Waals surface area contributed by atoms with Gasteiger partial charge in [0.25, 0.3) is 0 Å². The number of carbonyl (C=O) groups is 2. The summed E-state index contributed by atoms with van der Waals surface area (Å²) in [6, 6.07) is 8.69. The van der Waals surface area contributed by atoms with Crippen LogP contribution in [-0.2, 0) is 14.3 Å². The van der Waals surface area contributed by atoms with E-state index in [1.807, 2.05) is 26.0 Å². The number of thioether (sulfide) groups is 1. The normalized spacial score (nSPS) is 11.6. The number of carbonyl (C=O) groups excluding carboxylic acids is 2. The highest BCUT2D eigenvalue weighted by atomic mass is 32.2. The third kappa shape index (κ3) is 7.20. The largest absolute Gasteiger partial charge is 0.467 e. The molecule has 0 heterocycles. The van der Waals surface area contributed by atoms with E-state index in [0.29, 0.717) is 24.2 Å². The summed E-state index contributed by atoms with van der Waals surface area (Å²) in [7, 11) is 1.32. The maximum Gasteiger partial charge on any atom is 0.328 e. The highest BCUT2D eigenvalue weighted by Crippen LogP contribution is 2.19. The Labute approximate surface area is 141 Å². The predicted octanol–water partition coefficient (Wildman–Crippen LogP) is 2.74. The highest BCUT2D eigenvalue weighted by Gasteiger charge is 2.22. The molecule has 0 fully saturated rings. The number of benzene rings is 1. The molecule has 0 aliphatic heterocycles. The molecule has 1 N–H and O–H groups in total. The third-order valence-corrected chi connectivity index (χ3v) is 4.12. The van der Waals surface area contributed by atoms with Gasteiger partial charge in [0.2, 0.25) is 5.91 Å². The first-order valence-electron chi connectivity index (χ1n) is 7.46. The second kappa shape index (κ2) is 9.90. The minimum Gasteiger partial charge on any atom is -0.467 e. The van der Waals surface area contributed by atoms with Crippen molar-refractivity contribution in [2.24, 2.45) is 5.92 Å². The van der Waals surface area contributed by atoms with Crippen LogP contribution in [0.5, 0.6) is 0 Å². The number of esters is 1. The fourth-order valence-electron chi connectivity index (χ4n) is 1.98. The van der Waals surface area contributed by atoms with Crippen LogP contribution in [0.2, 0.25) is 0 Å². The lowest BCUT2D eigenvalue weighted by Crippen LogP contribution is -2.42. The lowest BCUT2D eigenvalue weighted by atomic mass is 10.0. The number of nitriles is 1. The molecule has 0 aliphatic carbocycles. The van der Waals surface area contributed by atoms with Crippen LogP contribution in [0.25, 0.3) is 0 Å². The maximum absolute atomic E-state index is 12.0. The summed E-state index contributed by atoms with van der Waals surface area (Å²) in [6.45, 7) is 3.98. The first kappa shape index (κ1) is 19.0. The summed E-state index contributed by atoms with van der Waals surface area (Å²) in [5.74, 6) is 0.314. The van der Waals surface area contributed by atoms with Crippen LogP contribution >= 0.6 is 11.8 Å². The second-order valence-corrected chi connectivity index (χ2v) is 6.68. The minimum absolute atomic E-state index is 0.165. The van der Waals surface area contributed by atoms with E-state index < -0.39 is 12.0 Å². The summed E-state index contributed by atoms with van der Waals surface area (Å²) >= 11 is 1.54. The number of hydrogen-bond acceptors (Lipinski definition) is 5. The number of ether oxygens (including phenoxy) is 1. The summed E-state index contributed by atoms with van der Waals surface area (Å²) in [5, 5.41) is 11.5. The van der Waals surface area contributed by atoms with Crippen molar-refractivity contribution in [1.82, 2.24) is 5.32 Å². The van der Waals surface area contributed by atoms with Gasteiger partial charge in [-0.1, -0.05) is 13.8 Å². The Morgan fingerprint density at radius 1 is 1.30 bits per heavy atom. The van der Waals surface area contributed by atoms with Crippen LogP contribution < -0.4 is 5.32 Å². The van der Waals surface area contributed by atoms with Gasteiger partial charge >= 0.3 is 5.97 Å². The van der Waals surface area contributed by atoms with Gasteiger partial charge in [-0.3, -0.25) is 4.79 Å². The molecule has 0 spiro atoms. The van der Waals surface area contributed by atoms with Gasteiger partial charge in [0.1, 0.15) is 6.04 Å². The van der Waals surface area contributed by atoms with Crippen LogP contribution in [-0.4, -0.2) is 30.8 Å². The number of nitrogens with one attached hydrogen (secondary N) is 1. The van der Waals surface area contributed by atoms with E-state index in [0.717, 1.165) is 4.90 Å². The molecule has 1 atom stereocenters. The molecule has 0 saturated carbocycles. The number of hydrogen-bond donors (Lipinski definition) is 1. The standard InChI is InChI=1S/C17H22N2O3S/c1-12(2)10-15(17(21)22-3)19-16(20)8-9-23-14-6-4-13(11-18)5-7-14/h4-7,12,15H,8-10H2,1-3H3,(H,19,20). The van der Waals surface area contributed by atoms with Crippen molar-refractivity contribution in [1.29, 1.82) is 5.26 Å². The van der Waals surface area contributed by atoms with Crippen molar-refractivity contribution in [2.45, 2.75) is 37.6 Å². The molecule has 124 valence electrons. The quantitative estimate of drug-likeness (QED) is 0.584. The van der Waals surface area contributed by atoms with Gasteiger partial charge < -0.3 is 10.1 Å². The number of amides is 1. The molecule has 1 rings (SSSR count). The first-order valence-corrected chi connectivity index (χ1v) is 8.45. The van der Waals surface area contributed by atoms with Crippen molar-refractivity contribution in [3.63, 3.8) is 0 Å². The molecule has 0 aromatic heterocycles. The molecule has 1 unspecified atom stereocenters. The van der Waals surface area contributed by atoms with Gasteiger partial charge in [0, 0.05) is 17.1 Å². The number of nitrogens with zero attached hydrogens (tertiary/aromatic N) is 1. The summed E-state index contributed by atoms with van der Waals surface area (Å²) in [5.41, 5.74) is 0.613. The van der Waals surface area contributed by atoms with Crippen LogP contribution in [0.4, 0.5) is 0 Å². The molecular weight excluding hydrogens is 312 g/mol. The molecule has 1 aromatic carbocycles. The Morgan fingerprint density at radius 2 is 1.96 bits per heavy atom. The first-order chi connectivity index (χ1) is 11.0. The molecule has 0 radical (unpaired) electrons. The topological polar surface area (TPSA) is 79.2 Å². The molecule has 5 nitrogen and oxygen atoms in total. The number of methoxy groups -OCH3 is 1. The van der Waals surface area contributed by atoms with Crippen molar-refractivity contribution in [3.05, 3.63) is 29.8 Å². The van der Waals surface area contributed by atoms with Crippen molar-refractivity contribution < 1.29 is 14.3 Å². The second-order valence-electron chi connectivity index (χ2n) is 5.51. The lowest BCUT2D eigenvalue weighted by Gasteiger charge is -2.18. The smallest absolute Gasteiger partial charge is 0.328 e. The fourth-order valence-corrected chi connectivity index (χ4v) is 2.83. The van der Waals surface area contributed by atoms with Crippen LogP contribution in [0, 0.1) is 17.2 Å². The van der Waals surface area contributed by atoms with E-state index in [2.05, 4.69) is 11.4 Å². The van der Waals surface area contributed by atoms with Gasteiger partial charge in [-0.2, -0.15) is 5.26 Å². The van der Waals surface area contributed by atoms with Crippen LogP contribution in [0.15, 0.2) is 29.2 Å². The summed E-state index contributed by atoms with van der Waals surface area (Å²) in [6.07, 6.45) is 0.872. The third-order valence-electron chi connectivity index (χ3n) is 3.11. The Morgan fingerprint density at radius 3 is 2.48 bits per heavy atom. The molecular formula is C17H22N2O3S. The molecule has 6 heteroatoms.